The van der Waals surface area contributed by atoms with Gasteiger partial charge in [0.15, 0.2) is 0 Å². The molecule has 0 aliphatic rings. The van der Waals surface area contributed by atoms with Crippen LogP contribution >= 0.6 is 23.2 Å². The molecule has 2 atom stereocenters. The molecule has 0 aliphatic carbocycles. The predicted octanol–water partition coefficient (Wildman–Crippen LogP) is 3.81. The Balaban J connectivity index is 0.00000324. The maximum Gasteiger partial charge on any atom is 0.125 e. The van der Waals surface area contributed by atoms with Crippen LogP contribution in [0.5, 0.6) is 0 Å². The van der Waals surface area contributed by atoms with E-state index in [1.807, 2.05) is 6.92 Å². The molecule has 0 amide bonds. The number of rotatable bonds is 7. The average molecular weight is 530 g/mol. The van der Waals surface area contributed by atoms with Gasteiger partial charge in [-0.25, -0.2) is 0 Å². The van der Waals surface area contributed by atoms with Crippen LogP contribution in [0.2, 0.25) is 10.0 Å². The second-order valence-electron chi connectivity index (χ2n) is 3.90. The SMILES string of the molecule is CCC(O)[CH-]OC(C)OCc1cc(Cl)cc(Cl)c1.[U]. The van der Waals surface area contributed by atoms with Crippen LogP contribution in [0.1, 0.15) is 25.8 Å². The summed E-state index contributed by atoms with van der Waals surface area (Å²) in [5.41, 5.74) is 0.874. The largest absolute Gasteiger partial charge is 0.527 e. The Labute approximate surface area is 147 Å². The number of hydrogen-bond donors (Lipinski definition) is 1. The van der Waals surface area contributed by atoms with Crippen molar-refractivity contribution in [2.24, 2.45) is 0 Å². The molecule has 0 spiro atoms. The summed E-state index contributed by atoms with van der Waals surface area (Å²) in [6.45, 7) is 5.34. The van der Waals surface area contributed by atoms with Crippen molar-refractivity contribution >= 4 is 23.2 Å². The first-order chi connectivity index (χ1) is 8.51. The third-order valence-electron chi connectivity index (χ3n) is 2.25. The molecule has 3 nitrogen and oxygen atoms in total. The molecule has 1 rings (SSSR count). The summed E-state index contributed by atoms with van der Waals surface area (Å²) in [6.07, 6.45) is -0.406. The molecule has 0 saturated heterocycles. The van der Waals surface area contributed by atoms with E-state index in [0.29, 0.717) is 23.1 Å². The molecule has 0 aromatic heterocycles. The molecule has 2 unspecified atom stereocenters. The summed E-state index contributed by atoms with van der Waals surface area (Å²) in [5, 5.41) is 10.4. The monoisotopic (exact) mass is 529 g/mol. The zero-order valence-electron chi connectivity index (χ0n) is 10.9. The zero-order chi connectivity index (χ0) is 13.5. The van der Waals surface area contributed by atoms with Crippen LogP contribution in [0.15, 0.2) is 18.2 Å². The van der Waals surface area contributed by atoms with Crippen molar-refractivity contribution in [3.05, 3.63) is 40.4 Å². The van der Waals surface area contributed by atoms with Crippen LogP contribution in [0, 0.1) is 37.7 Å². The van der Waals surface area contributed by atoms with E-state index in [1.54, 1.807) is 25.1 Å². The molecule has 1 aromatic rings. The molecule has 19 heavy (non-hydrogen) atoms. The minimum atomic E-state index is -0.573. The number of ether oxygens (including phenoxy) is 2. The summed E-state index contributed by atoms with van der Waals surface area (Å²) >= 11 is 11.8. The molecular formula is C13H17Cl2O3U-. The summed E-state index contributed by atoms with van der Waals surface area (Å²) < 4.78 is 10.7. The van der Waals surface area contributed by atoms with E-state index in [4.69, 9.17) is 32.7 Å². The van der Waals surface area contributed by atoms with Crippen molar-refractivity contribution in [2.75, 3.05) is 0 Å². The van der Waals surface area contributed by atoms with Gasteiger partial charge in [0.2, 0.25) is 0 Å². The van der Waals surface area contributed by atoms with Crippen LogP contribution in [-0.2, 0) is 16.1 Å². The van der Waals surface area contributed by atoms with E-state index in [2.05, 4.69) is 0 Å². The van der Waals surface area contributed by atoms with Crippen molar-refractivity contribution in [3.8, 4) is 0 Å². The van der Waals surface area contributed by atoms with Gasteiger partial charge in [-0.1, -0.05) is 36.5 Å². The van der Waals surface area contributed by atoms with E-state index in [9.17, 15) is 5.11 Å². The van der Waals surface area contributed by atoms with Crippen LogP contribution < -0.4 is 0 Å². The summed E-state index contributed by atoms with van der Waals surface area (Å²) in [6, 6.07) is 5.23. The number of hydrogen-bond acceptors (Lipinski definition) is 3. The van der Waals surface area contributed by atoms with Gasteiger partial charge in [0, 0.05) is 41.2 Å². The van der Waals surface area contributed by atoms with Gasteiger partial charge in [-0.15, -0.1) is 0 Å². The Morgan fingerprint density at radius 2 is 1.84 bits per heavy atom. The quantitative estimate of drug-likeness (QED) is 0.431. The van der Waals surface area contributed by atoms with Gasteiger partial charge < -0.3 is 14.6 Å². The van der Waals surface area contributed by atoms with Crippen molar-refractivity contribution in [2.45, 2.75) is 39.3 Å². The first-order valence-corrected chi connectivity index (χ1v) is 6.50. The molecule has 0 saturated carbocycles. The standard InChI is InChI=1S/C13H17Cl2O3.U/c1-3-13(16)8-18-9(2)17-7-10-4-11(14)6-12(15)5-10;/h4-6,8-9,13,16H,3,7H2,1-2H3;/q-1;. The Morgan fingerprint density at radius 3 is 2.37 bits per heavy atom. The van der Waals surface area contributed by atoms with Crippen molar-refractivity contribution in [1.29, 1.82) is 0 Å². The van der Waals surface area contributed by atoms with E-state index < -0.39 is 12.4 Å². The van der Waals surface area contributed by atoms with Gasteiger partial charge >= 0.3 is 0 Å². The van der Waals surface area contributed by atoms with E-state index in [0.717, 1.165) is 5.56 Å². The fourth-order valence-electron chi connectivity index (χ4n) is 1.24. The van der Waals surface area contributed by atoms with Gasteiger partial charge in [0.1, 0.15) is 6.29 Å². The number of benzene rings is 1. The van der Waals surface area contributed by atoms with Crippen molar-refractivity contribution < 1.29 is 45.7 Å². The molecular weight excluding hydrogens is 513 g/mol. The first kappa shape index (κ1) is 19.7. The maximum atomic E-state index is 9.29. The van der Waals surface area contributed by atoms with Gasteiger partial charge in [0.05, 0.1) is 6.61 Å². The Kier molecular flexibility index (Phi) is 10.9. The number of aliphatic hydroxyl groups is 1. The molecule has 0 radical (unpaired) electrons. The normalized spacial score (nSPS) is 13.7. The minimum absolute atomic E-state index is 0. The molecule has 1 aromatic carbocycles. The van der Waals surface area contributed by atoms with Gasteiger partial charge in [-0.05, 0) is 36.8 Å². The van der Waals surface area contributed by atoms with Crippen molar-refractivity contribution in [3.63, 3.8) is 0 Å². The first-order valence-electron chi connectivity index (χ1n) is 5.74. The summed E-state index contributed by atoms with van der Waals surface area (Å²) in [4.78, 5) is 0. The zero-order valence-corrected chi connectivity index (χ0v) is 16.6. The molecule has 0 aliphatic heterocycles. The Morgan fingerprint density at radius 1 is 1.26 bits per heavy atom. The maximum absolute atomic E-state index is 9.29. The van der Waals surface area contributed by atoms with Gasteiger partial charge in [-0.3, -0.25) is 0 Å². The number of aliphatic hydroxyl groups excluding tert-OH is 1. The van der Waals surface area contributed by atoms with E-state index in [-0.39, 0.29) is 31.1 Å². The Bertz CT molecular complexity index is 357. The summed E-state index contributed by atoms with van der Waals surface area (Å²) in [7, 11) is 0. The van der Waals surface area contributed by atoms with Crippen LogP contribution in [-0.4, -0.2) is 17.5 Å². The predicted molar refractivity (Wildman–Crippen MR) is 72.4 cm³/mol. The van der Waals surface area contributed by atoms with Crippen molar-refractivity contribution in [1.82, 2.24) is 0 Å². The van der Waals surface area contributed by atoms with Gasteiger partial charge in [0.25, 0.3) is 0 Å². The van der Waals surface area contributed by atoms with Crippen LogP contribution in [0.25, 0.3) is 0 Å². The molecule has 106 valence electrons. The second-order valence-corrected chi connectivity index (χ2v) is 4.78. The second kappa shape index (κ2) is 10.5. The molecule has 0 bridgehead atoms. The third-order valence-corrected chi connectivity index (χ3v) is 2.69. The topological polar surface area (TPSA) is 38.7 Å². The van der Waals surface area contributed by atoms with Crippen LogP contribution in [0.3, 0.4) is 0 Å². The smallest absolute Gasteiger partial charge is 0.125 e. The summed E-state index contributed by atoms with van der Waals surface area (Å²) in [5.74, 6) is 0. The minimum Gasteiger partial charge on any atom is -0.527 e. The van der Waals surface area contributed by atoms with E-state index >= 15 is 0 Å². The average Bonchev–Trinajstić information content (AvgIpc) is 2.32. The molecule has 6 heteroatoms. The third kappa shape index (κ3) is 8.57. The van der Waals surface area contributed by atoms with E-state index in [1.165, 1.54) is 6.61 Å². The van der Waals surface area contributed by atoms with Crippen LogP contribution in [0.4, 0.5) is 0 Å². The molecule has 1 N–H and O–H groups in total. The molecule has 0 fully saturated rings. The number of halogens is 2. The Hall–Kier alpha value is 0.732. The fourth-order valence-corrected chi connectivity index (χ4v) is 1.82. The van der Waals surface area contributed by atoms with Gasteiger partial charge in [-0.2, -0.15) is 6.61 Å². The fraction of sp³-hybridized carbons (Fsp3) is 0.462. The molecule has 0 heterocycles.